The maximum atomic E-state index is 8.43. The highest BCUT2D eigenvalue weighted by Gasteiger charge is 2.31. The van der Waals surface area contributed by atoms with Crippen molar-refractivity contribution in [3.8, 4) is 22.6 Å². The Labute approximate surface area is 263 Å². The second-order valence-corrected chi connectivity index (χ2v) is 10.4. The number of fused-ring (bicyclic) bond motifs is 2. The van der Waals surface area contributed by atoms with Crippen molar-refractivity contribution in [3.05, 3.63) is 68.2 Å². The molecular weight excluding hydrogens is 658 g/mol. The van der Waals surface area contributed by atoms with Crippen molar-refractivity contribution in [1.82, 2.24) is 4.57 Å². The molecule has 0 saturated heterocycles. The fourth-order valence-corrected chi connectivity index (χ4v) is 5.24. The molecule has 16 heteroatoms. The van der Waals surface area contributed by atoms with Crippen LogP contribution in [0.5, 0.6) is 0 Å². The van der Waals surface area contributed by atoms with E-state index in [1.54, 1.807) is 33.7 Å². The van der Waals surface area contributed by atoms with E-state index in [4.69, 9.17) is 56.9 Å². The van der Waals surface area contributed by atoms with Crippen LogP contribution in [0.15, 0.2) is 42.2 Å². The molecule has 0 bridgehead atoms. The van der Waals surface area contributed by atoms with Crippen LogP contribution in [0, 0.1) is 22.6 Å². The number of halogens is 4. The van der Waals surface area contributed by atoms with Crippen molar-refractivity contribution in [2.45, 2.75) is 20.4 Å². The zero-order valence-electron chi connectivity index (χ0n) is 21.1. The topological polar surface area (TPSA) is 92.7 Å². The minimum absolute atomic E-state index is 0.366. The van der Waals surface area contributed by atoms with Crippen molar-refractivity contribution in [2.24, 2.45) is 0 Å². The molecule has 0 atom stereocenters. The monoisotopic (exact) mass is 675 g/mol. The van der Waals surface area contributed by atoms with E-state index in [1.807, 2.05) is 41.5 Å². The molecule has 1 aromatic heterocycles. The summed E-state index contributed by atoms with van der Waals surface area (Å²) in [6.07, 6.45) is 5.56. The number of nitrogens with zero attached hydrogens (tertiary/aromatic N) is 4. The summed E-state index contributed by atoms with van der Waals surface area (Å²) < 4.78 is 12.5. The Morgan fingerprint density at radius 2 is 1.51 bits per heavy atom. The van der Waals surface area contributed by atoms with E-state index in [2.05, 4.69) is 41.3 Å². The lowest BCUT2D eigenvalue weighted by molar-refractivity contribution is -0.557. The van der Waals surface area contributed by atoms with Crippen LogP contribution in [-0.2, 0) is 25.3 Å². The predicted octanol–water partition coefficient (Wildman–Crippen LogP) is 7.59. The molecule has 0 radical (unpaired) electrons. The molecule has 1 aliphatic rings. The first-order valence-corrected chi connectivity index (χ1v) is 14.5. The van der Waals surface area contributed by atoms with Crippen LogP contribution in [-0.4, -0.2) is 21.6 Å². The summed E-state index contributed by atoms with van der Waals surface area (Å²) in [4.78, 5) is 3.72. The van der Waals surface area contributed by atoms with Gasteiger partial charge >= 0.3 is 0 Å². The Bertz CT molecular complexity index is 1640. The minimum atomic E-state index is 0.366. The van der Waals surface area contributed by atoms with Gasteiger partial charge in [0.2, 0.25) is 0 Å². The number of aryl methyl sites for hydroxylation is 1. The fraction of sp³-hybridized carbons (Fsp3) is 0.160. The summed E-state index contributed by atoms with van der Waals surface area (Å²) in [7, 11) is 0. The number of allylic oxidation sites excluding steroid dienone is 2. The van der Waals surface area contributed by atoms with Crippen molar-refractivity contribution < 1.29 is 33.8 Å². The standard InChI is InChI=1S/C25H18Cl4N4O6S2/c1-3-30-20-12-16(26)18(28)14-22(20)32(8-10-40-38-36-34)24(30)6-5-7-25-31(4-2)21-13-17(27)19(29)15-23(21)33(25)9-11-41-39-37-35/h5-7,12-15H,3-4H2,1-2H3,(H-,34,35)/p+1. The molecule has 2 heterocycles. The van der Waals surface area contributed by atoms with Gasteiger partial charge in [0.05, 0.1) is 38.0 Å². The molecule has 4 rings (SSSR count). The summed E-state index contributed by atoms with van der Waals surface area (Å²) >= 11 is 26.5. The molecule has 1 aliphatic heterocycles. The van der Waals surface area contributed by atoms with E-state index in [0.29, 0.717) is 80.1 Å². The summed E-state index contributed by atoms with van der Waals surface area (Å²) in [5.41, 5.74) is 3.01. The fourth-order valence-electron chi connectivity index (χ4n) is 4.22. The zero-order valence-corrected chi connectivity index (χ0v) is 25.8. The number of aromatic nitrogens is 2. The van der Waals surface area contributed by atoms with Crippen LogP contribution in [0.1, 0.15) is 19.7 Å². The van der Waals surface area contributed by atoms with Crippen molar-refractivity contribution in [1.29, 1.82) is 0 Å². The Kier molecular flexibility index (Phi) is 11.4. The lowest BCUT2D eigenvalue weighted by Crippen LogP contribution is -2.31. The highest BCUT2D eigenvalue weighted by molar-refractivity contribution is 7.99. The van der Waals surface area contributed by atoms with Gasteiger partial charge in [-0.25, -0.2) is 15.1 Å². The van der Waals surface area contributed by atoms with E-state index in [-0.39, 0.29) is 0 Å². The average molecular weight is 677 g/mol. The molecule has 0 amide bonds. The number of anilines is 2. The van der Waals surface area contributed by atoms with Crippen molar-refractivity contribution in [2.75, 3.05) is 16.3 Å². The lowest BCUT2D eigenvalue weighted by Gasteiger charge is -2.19. The predicted molar refractivity (Wildman–Crippen MR) is 163 cm³/mol. The third-order valence-electron chi connectivity index (χ3n) is 5.76. The van der Waals surface area contributed by atoms with E-state index >= 15 is 0 Å². The number of rotatable bonds is 8. The molecule has 214 valence electrons. The first-order valence-electron chi connectivity index (χ1n) is 11.5. The second kappa shape index (κ2) is 14.8. The molecule has 2 aromatic carbocycles. The minimum Gasteiger partial charge on any atom is -0.325 e. The summed E-state index contributed by atoms with van der Waals surface area (Å²) in [6.45, 7) is 5.15. The van der Waals surface area contributed by atoms with Crippen LogP contribution in [0.2, 0.25) is 20.1 Å². The van der Waals surface area contributed by atoms with Crippen LogP contribution in [0.4, 0.5) is 11.4 Å². The highest BCUT2D eigenvalue weighted by atomic mass is 35.5. The molecule has 41 heavy (non-hydrogen) atoms. The summed E-state index contributed by atoms with van der Waals surface area (Å²) in [5.74, 6) is 1.39. The largest absolute Gasteiger partial charge is 0.325 e. The number of hydrogen-bond acceptors (Lipinski definition) is 10. The zero-order chi connectivity index (χ0) is 29.5. The maximum absolute atomic E-state index is 8.43. The third-order valence-corrected chi connectivity index (χ3v) is 7.81. The van der Waals surface area contributed by atoms with E-state index in [0.717, 1.165) is 11.2 Å². The van der Waals surface area contributed by atoms with Gasteiger partial charge in [0, 0.05) is 41.3 Å². The second-order valence-electron chi connectivity index (χ2n) is 7.79. The van der Waals surface area contributed by atoms with Gasteiger partial charge in [0.15, 0.2) is 11.0 Å². The molecule has 0 saturated carbocycles. The quantitative estimate of drug-likeness (QED) is 0.0621. The van der Waals surface area contributed by atoms with E-state index < -0.39 is 0 Å². The molecular formula is C25H19Cl4N4O6S2+. The van der Waals surface area contributed by atoms with Gasteiger partial charge in [-0.2, -0.15) is 0 Å². The Hall–Kier alpha value is -2.27. The Balaban J connectivity index is 1.84. The van der Waals surface area contributed by atoms with E-state index in [9.17, 15) is 0 Å². The number of imidazole rings is 1. The summed E-state index contributed by atoms with van der Waals surface area (Å²) in [5, 5.41) is 31.0. The van der Waals surface area contributed by atoms with Crippen LogP contribution < -0.4 is 14.4 Å². The van der Waals surface area contributed by atoms with Gasteiger partial charge in [0.1, 0.15) is 36.0 Å². The Morgan fingerprint density at radius 3 is 2.17 bits per heavy atom. The smallest absolute Gasteiger partial charge is 0.295 e. The van der Waals surface area contributed by atoms with Gasteiger partial charge in [-0.15, -0.1) is 13.2 Å². The van der Waals surface area contributed by atoms with Gasteiger partial charge < -0.3 is 4.90 Å². The first kappa shape index (κ1) is 31.7. The summed E-state index contributed by atoms with van der Waals surface area (Å²) in [6, 6.07) is 12.9. The SMILES string of the molecule is CCN1/C(=C\C=C\c2n(CC)c3cc(Cl)c(Cl)cc3[n+]2C#CSOOO)N(C#CSOOO)c2cc(Cl)c(Cl)cc21. The van der Waals surface area contributed by atoms with Gasteiger partial charge in [-0.3, -0.25) is 4.90 Å². The molecule has 0 unspecified atom stereocenters. The maximum Gasteiger partial charge on any atom is 0.295 e. The highest BCUT2D eigenvalue weighted by Crippen LogP contribution is 2.45. The Morgan fingerprint density at radius 1 is 0.878 bits per heavy atom. The average Bonchev–Trinajstić information content (AvgIpc) is 3.39. The van der Waals surface area contributed by atoms with Crippen LogP contribution in [0.25, 0.3) is 17.1 Å². The first-order chi connectivity index (χ1) is 19.9. The molecule has 0 spiro atoms. The molecule has 2 N–H and O–H groups in total. The number of hydrogen-bond donors (Lipinski definition) is 2. The molecule has 10 nitrogen and oxygen atoms in total. The molecule has 0 fully saturated rings. The van der Waals surface area contributed by atoms with Gasteiger partial charge in [0.25, 0.3) is 5.82 Å². The molecule has 0 aliphatic carbocycles. The van der Waals surface area contributed by atoms with E-state index in [1.165, 1.54) is 0 Å². The lowest BCUT2D eigenvalue weighted by atomic mass is 10.2. The normalized spacial score (nSPS) is 13.6. The van der Waals surface area contributed by atoms with Gasteiger partial charge in [-0.1, -0.05) is 62.6 Å². The third kappa shape index (κ3) is 6.87. The van der Waals surface area contributed by atoms with Crippen LogP contribution >= 0.6 is 70.5 Å². The van der Waals surface area contributed by atoms with Crippen LogP contribution in [0.3, 0.4) is 0 Å². The molecule has 3 aromatic rings. The number of benzene rings is 2. The van der Waals surface area contributed by atoms with Crippen molar-refractivity contribution in [3.63, 3.8) is 0 Å². The van der Waals surface area contributed by atoms with Crippen molar-refractivity contribution >= 4 is 99.0 Å². The van der Waals surface area contributed by atoms with Gasteiger partial charge in [-0.05, 0) is 32.1 Å².